The van der Waals surface area contributed by atoms with E-state index < -0.39 is 5.60 Å². The number of aliphatic hydroxyl groups excluding tert-OH is 1. The van der Waals surface area contributed by atoms with Crippen LogP contribution in [0.25, 0.3) is 0 Å². The molecule has 3 heteroatoms. The van der Waals surface area contributed by atoms with Gasteiger partial charge in [0.2, 0.25) is 0 Å². The van der Waals surface area contributed by atoms with Gasteiger partial charge in [0.05, 0.1) is 18.3 Å². The lowest BCUT2D eigenvalue weighted by Gasteiger charge is -2.64. The first-order chi connectivity index (χ1) is 11.9. The van der Waals surface area contributed by atoms with Crippen LogP contribution in [0.15, 0.2) is 0 Å². The van der Waals surface area contributed by atoms with Gasteiger partial charge in [-0.25, -0.2) is 0 Å². The lowest BCUT2D eigenvalue weighted by molar-refractivity contribution is -0.228. The van der Waals surface area contributed by atoms with Crippen LogP contribution in [0.3, 0.4) is 0 Å². The van der Waals surface area contributed by atoms with Crippen molar-refractivity contribution in [3.63, 3.8) is 0 Å². The molecule has 6 saturated carbocycles. The van der Waals surface area contributed by atoms with Gasteiger partial charge >= 0.3 is 0 Å². The summed E-state index contributed by atoms with van der Waals surface area (Å²) in [6.45, 7) is 5.99. The molecule has 0 aromatic heterocycles. The van der Waals surface area contributed by atoms with Crippen molar-refractivity contribution >= 4 is 0 Å². The van der Waals surface area contributed by atoms with Crippen molar-refractivity contribution in [3.8, 4) is 0 Å². The van der Waals surface area contributed by atoms with Gasteiger partial charge in [-0.1, -0.05) is 13.8 Å². The fourth-order valence-corrected chi connectivity index (χ4v) is 9.89. The minimum Gasteiger partial charge on any atom is -0.393 e. The highest BCUT2D eigenvalue weighted by Crippen LogP contribution is 2.84. The molecule has 0 aromatic carbocycles. The molecule has 12 atom stereocenters. The summed E-state index contributed by atoms with van der Waals surface area (Å²) in [6, 6.07) is 0. The maximum atomic E-state index is 11.8. The van der Waals surface area contributed by atoms with Crippen LogP contribution in [0, 0.1) is 52.3 Å². The van der Waals surface area contributed by atoms with Crippen molar-refractivity contribution in [3.05, 3.63) is 0 Å². The molecule has 25 heavy (non-hydrogen) atoms. The average Bonchev–Trinajstić information content (AvgIpc) is 3.42. The van der Waals surface area contributed by atoms with Crippen LogP contribution < -0.4 is 0 Å². The van der Waals surface area contributed by atoms with Crippen molar-refractivity contribution in [2.45, 2.75) is 76.1 Å². The SMILES string of the molecule is CC12CCC(O)CC1(O)[C@@H]1C[C@@H]1C1C2CCC2(C)C1C1C[C@@H]1[C@@]21CO1. The van der Waals surface area contributed by atoms with Gasteiger partial charge in [-0.05, 0) is 85.4 Å². The van der Waals surface area contributed by atoms with Crippen LogP contribution in [-0.4, -0.2) is 34.1 Å². The zero-order valence-electron chi connectivity index (χ0n) is 15.6. The molecule has 7 fully saturated rings. The van der Waals surface area contributed by atoms with E-state index >= 15 is 0 Å². The standard InChI is InChI=1S/C22H32O3/c1-19-5-3-11(23)9-21(19,24)15-7-12(15)17-14(19)4-6-20(2)18(17)13-8-16(13)22(20)10-25-22/h11-18,23-24H,3-10H2,1-2H3/t11?,12-,13?,14?,15+,16-,17?,18?,19?,20?,21?,22-/m0/s1. The van der Waals surface area contributed by atoms with E-state index in [9.17, 15) is 10.2 Å². The molecule has 138 valence electrons. The third-order valence-electron chi connectivity index (χ3n) is 11.2. The molecular weight excluding hydrogens is 312 g/mol. The van der Waals surface area contributed by atoms with Gasteiger partial charge in [0.1, 0.15) is 5.60 Å². The lowest BCUT2D eigenvalue weighted by Crippen LogP contribution is -2.65. The van der Waals surface area contributed by atoms with Gasteiger partial charge in [0.25, 0.3) is 0 Å². The summed E-state index contributed by atoms with van der Waals surface area (Å²) in [5.74, 6) is 5.32. The highest BCUT2D eigenvalue weighted by molar-refractivity contribution is 5.32. The Labute approximate surface area is 150 Å². The molecule has 0 bridgehead atoms. The van der Waals surface area contributed by atoms with E-state index in [1.807, 2.05) is 0 Å². The smallest absolute Gasteiger partial charge is 0.100 e. The summed E-state index contributed by atoms with van der Waals surface area (Å²) in [7, 11) is 0. The van der Waals surface area contributed by atoms with Crippen LogP contribution in [0.4, 0.5) is 0 Å². The minimum atomic E-state index is -0.598. The lowest BCUT2D eigenvalue weighted by atomic mass is 9.42. The molecule has 1 spiro atoms. The van der Waals surface area contributed by atoms with Gasteiger partial charge in [-0.15, -0.1) is 0 Å². The second kappa shape index (κ2) is 3.86. The summed E-state index contributed by atoms with van der Waals surface area (Å²) in [4.78, 5) is 0. The fourth-order valence-electron chi connectivity index (χ4n) is 9.89. The van der Waals surface area contributed by atoms with Crippen molar-refractivity contribution in [1.82, 2.24) is 0 Å². The number of epoxide rings is 1. The Bertz CT molecular complexity index is 672. The molecule has 0 amide bonds. The molecule has 1 heterocycles. The minimum absolute atomic E-state index is 0.0282. The van der Waals surface area contributed by atoms with Crippen LogP contribution >= 0.6 is 0 Å². The number of hydrogen-bond acceptors (Lipinski definition) is 3. The Kier molecular flexibility index (Phi) is 2.30. The monoisotopic (exact) mass is 344 g/mol. The van der Waals surface area contributed by atoms with E-state index in [1.54, 1.807) is 0 Å². The number of fused-ring (bicyclic) bond motifs is 12. The Morgan fingerprint density at radius 3 is 2.40 bits per heavy atom. The van der Waals surface area contributed by atoms with Gasteiger partial charge in [-0.3, -0.25) is 0 Å². The number of rotatable bonds is 0. The molecule has 7 aliphatic rings. The van der Waals surface area contributed by atoms with Crippen LogP contribution in [0.1, 0.15) is 58.8 Å². The van der Waals surface area contributed by atoms with Gasteiger partial charge < -0.3 is 14.9 Å². The predicted octanol–water partition coefficient (Wildman–Crippen LogP) is 2.99. The fraction of sp³-hybridized carbons (Fsp3) is 1.00. The Hall–Kier alpha value is -0.120. The normalized spacial score (nSPS) is 74.4. The quantitative estimate of drug-likeness (QED) is 0.664. The van der Waals surface area contributed by atoms with E-state index in [4.69, 9.17) is 4.74 Å². The molecule has 1 aliphatic heterocycles. The molecule has 0 aromatic rings. The van der Waals surface area contributed by atoms with Crippen molar-refractivity contribution < 1.29 is 14.9 Å². The molecule has 6 aliphatic carbocycles. The molecule has 7 rings (SSSR count). The molecule has 2 N–H and O–H groups in total. The predicted molar refractivity (Wildman–Crippen MR) is 92.6 cm³/mol. The van der Waals surface area contributed by atoms with E-state index in [2.05, 4.69) is 13.8 Å². The second-order valence-corrected chi connectivity index (χ2v) is 11.6. The summed E-state index contributed by atoms with van der Waals surface area (Å²) in [5.41, 5.74) is 0.101. The number of hydrogen-bond donors (Lipinski definition) is 2. The highest BCUT2D eigenvalue weighted by Gasteiger charge is 2.84. The summed E-state index contributed by atoms with van der Waals surface area (Å²) >= 11 is 0. The van der Waals surface area contributed by atoms with Crippen molar-refractivity contribution in [2.24, 2.45) is 52.3 Å². The largest absolute Gasteiger partial charge is 0.393 e. The van der Waals surface area contributed by atoms with Gasteiger partial charge in [-0.2, -0.15) is 0 Å². The van der Waals surface area contributed by atoms with Gasteiger partial charge in [0.15, 0.2) is 0 Å². The maximum absolute atomic E-state index is 11.8. The van der Waals surface area contributed by atoms with Crippen molar-refractivity contribution in [1.29, 1.82) is 0 Å². The zero-order chi connectivity index (χ0) is 17.0. The summed E-state index contributed by atoms with van der Waals surface area (Å²) in [5, 5.41) is 22.1. The van der Waals surface area contributed by atoms with Crippen LogP contribution in [-0.2, 0) is 4.74 Å². The molecular formula is C22H32O3. The first-order valence-corrected chi connectivity index (χ1v) is 10.9. The first-order valence-electron chi connectivity index (χ1n) is 10.9. The zero-order valence-corrected chi connectivity index (χ0v) is 15.6. The van der Waals surface area contributed by atoms with Gasteiger partial charge in [0, 0.05) is 11.8 Å². The maximum Gasteiger partial charge on any atom is 0.100 e. The molecule has 1 saturated heterocycles. The Morgan fingerprint density at radius 2 is 1.64 bits per heavy atom. The molecule has 0 radical (unpaired) electrons. The number of aliphatic hydroxyl groups is 2. The summed E-state index contributed by atoms with van der Waals surface area (Å²) in [6.07, 6.45) is 7.48. The third kappa shape index (κ3) is 1.35. The average molecular weight is 344 g/mol. The second-order valence-electron chi connectivity index (χ2n) is 11.6. The first kappa shape index (κ1) is 14.9. The highest BCUT2D eigenvalue weighted by atomic mass is 16.6. The Balaban J connectivity index is 1.34. The number of ether oxygens (including phenoxy) is 1. The van der Waals surface area contributed by atoms with E-state index in [-0.39, 0.29) is 17.1 Å². The summed E-state index contributed by atoms with van der Waals surface area (Å²) < 4.78 is 6.20. The van der Waals surface area contributed by atoms with E-state index in [0.29, 0.717) is 23.7 Å². The Morgan fingerprint density at radius 1 is 0.920 bits per heavy atom. The van der Waals surface area contributed by atoms with E-state index in [0.717, 1.165) is 49.0 Å². The van der Waals surface area contributed by atoms with Crippen LogP contribution in [0.5, 0.6) is 0 Å². The molecule has 8 unspecified atom stereocenters. The van der Waals surface area contributed by atoms with Crippen LogP contribution in [0.2, 0.25) is 0 Å². The third-order valence-corrected chi connectivity index (χ3v) is 11.2. The molecule has 3 nitrogen and oxygen atoms in total. The van der Waals surface area contributed by atoms with E-state index in [1.165, 1.54) is 25.7 Å². The van der Waals surface area contributed by atoms with Crippen molar-refractivity contribution in [2.75, 3.05) is 6.61 Å². The topological polar surface area (TPSA) is 53.0 Å².